The van der Waals surface area contributed by atoms with Crippen LogP contribution in [0.2, 0.25) is 0 Å². The summed E-state index contributed by atoms with van der Waals surface area (Å²) in [7, 11) is -1.77. The van der Waals surface area contributed by atoms with Gasteiger partial charge in [-0.15, -0.1) is 0 Å². The van der Waals surface area contributed by atoms with Gasteiger partial charge in [-0.05, 0) is 36.4 Å². The molecular weight excluding hydrogens is 370 g/mol. The molecule has 1 unspecified atom stereocenters. The van der Waals surface area contributed by atoms with Gasteiger partial charge in [-0.25, -0.2) is 8.42 Å². The number of aromatic nitrogens is 1. The van der Waals surface area contributed by atoms with Crippen LogP contribution in [0.25, 0.3) is 0 Å². The van der Waals surface area contributed by atoms with Crippen molar-refractivity contribution in [2.24, 2.45) is 7.05 Å². The maximum atomic E-state index is 12.6. The first-order valence-corrected chi connectivity index (χ1v) is 10.1. The zero-order valence-electron chi connectivity index (χ0n) is 15.0. The molecular formula is C18H23N3O5S. The van der Waals surface area contributed by atoms with Crippen LogP contribution in [0, 0.1) is 0 Å². The number of amides is 1. The summed E-state index contributed by atoms with van der Waals surface area (Å²) in [6, 6.07) is 9.38. The molecule has 1 aromatic carbocycles. The molecule has 8 nitrogen and oxygen atoms in total. The fraction of sp³-hybridized carbons (Fsp3) is 0.389. The number of hydrogen-bond acceptors (Lipinski definition) is 5. The number of aryl methyl sites for hydroxylation is 1. The molecule has 3 rings (SSSR count). The summed E-state index contributed by atoms with van der Waals surface area (Å²) in [5.41, 5.74) is 1.03. The molecule has 0 saturated carbocycles. The van der Waals surface area contributed by atoms with Gasteiger partial charge in [0.1, 0.15) is 6.10 Å². The number of benzene rings is 1. The van der Waals surface area contributed by atoms with Crippen molar-refractivity contribution in [2.45, 2.75) is 11.0 Å². The van der Waals surface area contributed by atoms with Gasteiger partial charge in [-0.3, -0.25) is 4.79 Å². The van der Waals surface area contributed by atoms with Gasteiger partial charge in [0.2, 0.25) is 10.0 Å². The largest absolute Gasteiger partial charge is 0.385 e. The van der Waals surface area contributed by atoms with Crippen LogP contribution >= 0.6 is 0 Å². The van der Waals surface area contributed by atoms with Gasteiger partial charge in [-0.2, -0.15) is 4.31 Å². The average Bonchev–Trinajstić information content (AvgIpc) is 3.12. The number of aliphatic hydroxyl groups excluding tert-OH is 1. The van der Waals surface area contributed by atoms with Gasteiger partial charge in [0, 0.05) is 44.1 Å². The second-order valence-electron chi connectivity index (χ2n) is 6.31. The van der Waals surface area contributed by atoms with Crippen LogP contribution in [0.4, 0.5) is 0 Å². The Bertz CT molecular complexity index is 886. The third kappa shape index (κ3) is 4.38. The number of sulfonamides is 1. The molecule has 146 valence electrons. The first-order chi connectivity index (χ1) is 12.9. The molecule has 1 amide bonds. The van der Waals surface area contributed by atoms with Crippen LogP contribution in [-0.4, -0.2) is 61.2 Å². The second-order valence-corrected chi connectivity index (χ2v) is 8.25. The van der Waals surface area contributed by atoms with Crippen molar-refractivity contribution >= 4 is 15.9 Å². The highest BCUT2D eigenvalue weighted by Gasteiger charge is 2.26. The van der Waals surface area contributed by atoms with Crippen LogP contribution in [-0.2, 0) is 21.8 Å². The molecule has 1 saturated heterocycles. The summed E-state index contributed by atoms with van der Waals surface area (Å²) in [5.74, 6) is -0.376. The number of carbonyl (C=O) groups is 1. The molecule has 1 atom stereocenters. The smallest absolute Gasteiger partial charge is 0.251 e. The van der Waals surface area contributed by atoms with E-state index >= 15 is 0 Å². The number of nitrogens with one attached hydrogen (secondary N) is 1. The lowest BCUT2D eigenvalue weighted by molar-refractivity contribution is 0.0730. The molecule has 1 fully saturated rings. The van der Waals surface area contributed by atoms with E-state index in [-0.39, 0.29) is 17.3 Å². The Kier molecular flexibility index (Phi) is 5.95. The summed E-state index contributed by atoms with van der Waals surface area (Å²) < 4.78 is 33.5. The Labute approximate surface area is 158 Å². The van der Waals surface area contributed by atoms with Gasteiger partial charge in [-0.1, -0.05) is 0 Å². The van der Waals surface area contributed by atoms with E-state index in [0.717, 1.165) is 0 Å². The highest BCUT2D eigenvalue weighted by molar-refractivity contribution is 7.89. The van der Waals surface area contributed by atoms with Crippen molar-refractivity contribution in [3.8, 4) is 0 Å². The Morgan fingerprint density at radius 3 is 2.48 bits per heavy atom. The summed E-state index contributed by atoms with van der Waals surface area (Å²) in [4.78, 5) is 12.4. The number of rotatable bonds is 6. The van der Waals surface area contributed by atoms with Crippen molar-refractivity contribution < 1.29 is 23.1 Å². The highest BCUT2D eigenvalue weighted by atomic mass is 32.2. The molecule has 1 aliphatic rings. The number of aliphatic hydroxyl groups is 1. The van der Waals surface area contributed by atoms with Gasteiger partial charge in [0.15, 0.2) is 0 Å². The fourth-order valence-electron chi connectivity index (χ4n) is 2.93. The minimum atomic E-state index is -3.59. The predicted molar refractivity (Wildman–Crippen MR) is 98.7 cm³/mol. The summed E-state index contributed by atoms with van der Waals surface area (Å²) in [5, 5.41) is 12.8. The summed E-state index contributed by atoms with van der Waals surface area (Å²) in [6.45, 7) is 1.46. The maximum absolute atomic E-state index is 12.6. The lowest BCUT2D eigenvalue weighted by atomic mass is 10.2. The third-order valence-electron chi connectivity index (χ3n) is 4.51. The van der Waals surface area contributed by atoms with E-state index in [1.165, 1.54) is 28.6 Å². The zero-order valence-corrected chi connectivity index (χ0v) is 15.9. The molecule has 1 aromatic heterocycles. The van der Waals surface area contributed by atoms with Crippen LogP contribution in [0.1, 0.15) is 22.2 Å². The van der Waals surface area contributed by atoms with E-state index in [2.05, 4.69) is 5.32 Å². The quantitative estimate of drug-likeness (QED) is 0.745. The van der Waals surface area contributed by atoms with Crippen LogP contribution < -0.4 is 5.32 Å². The minimum absolute atomic E-state index is 0.0600. The normalized spacial score (nSPS) is 16.8. The summed E-state index contributed by atoms with van der Waals surface area (Å²) >= 11 is 0. The predicted octanol–water partition coefficient (Wildman–Crippen LogP) is 0.509. The number of nitrogens with zero attached hydrogens (tertiary/aromatic N) is 2. The van der Waals surface area contributed by atoms with E-state index < -0.39 is 16.1 Å². The second kappa shape index (κ2) is 8.22. The Morgan fingerprint density at radius 1 is 1.22 bits per heavy atom. The lowest BCUT2D eigenvalue weighted by Gasteiger charge is -2.26. The Hall–Kier alpha value is -2.20. The maximum Gasteiger partial charge on any atom is 0.251 e. The molecule has 2 heterocycles. The first-order valence-electron chi connectivity index (χ1n) is 8.65. The zero-order chi connectivity index (χ0) is 19.4. The lowest BCUT2D eigenvalue weighted by Crippen LogP contribution is -2.40. The van der Waals surface area contributed by atoms with Gasteiger partial charge >= 0.3 is 0 Å². The minimum Gasteiger partial charge on any atom is -0.385 e. The number of morpholine rings is 1. The number of carbonyl (C=O) groups excluding carboxylic acids is 1. The molecule has 9 heteroatoms. The van der Waals surface area contributed by atoms with E-state index in [0.29, 0.717) is 37.6 Å². The van der Waals surface area contributed by atoms with E-state index in [9.17, 15) is 18.3 Å². The third-order valence-corrected chi connectivity index (χ3v) is 6.42. The van der Waals surface area contributed by atoms with Gasteiger partial charge < -0.3 is 19.7 Å². The average molecular weight is 393 g/mol. The number of hydrogen-bond donors (Lipinski definition) is 2. The Morgan fingerprint density at radius 2 is 1.89 bits per heavy atom. The molecule has 0 radical (unpaired) electrons. The molecule has 1 aliphatic heterocycles. The molecule has 0 bridgehead atoms. The van der Waals surface area contributed by atoms with Gasteiger partial charge in [0.25, 0.3) is 5.91 Å². The van der Waals surface area contributed by atoms with Crippen molar-refractivity contribution in [3.63, 3.8) is 0 Å². The topological polar surface area (TPSA) is 101 Å². The summed E-state index contributed by atoms with van der Waals surface area (Å²) in [6.07, 6.45) is 0.989. The van der Waals surface area contributed by atoms with Crippen molar-refractivity contribution in [3.05, 3.63) is 53.9 Å². The van der Waals surface area contributed by atoms with E-state index in [1.54, 1.807) is 10.6 Å². The van der Waals surface area contributed by atoms with Crippen molar-refractivity contribution in [1.82, 2.24) is 14.2 Å². The van der Waals surface area contributed by atoms with Crippen LogP contribution in [0.5, 0.6) is 0 Å². The number of ether oxygens (including phenoxy) is 1. The standard InChI is InChI=1S/C18H23N3O5S/c1-20-8-2-3-16(20)17(22)13-19-18(23)14-4-6-15(7-5-14)27(24,25)21-9-11-26-12-10-21/h2-8,17,22H,9-13H2,1H3,(H,19,23). The van der Waals surface area contributed by atoms with Crippen molar-refractivity contribution in [1.29, 1.82) is 0 Å². The van der Waals surface area contributed by atoms with Crippen LogP contribution in [0.15, 0.2) is 47.5 Å². The van der Waals surface area contributed by atoms with Gasteiger partial charge in [0.05, 0.1) is 18.1 Å². The highest BCUT2D eigenvalue weighted by Crippen LogP contribution is 2.18. The molecule has 2 aromatic rings. The first kappa shape index (κ1) is 19.6. The molecule has 0 aliphatic carbocycles. The van der Waals surface area contributed by atoms with Crippen molar-refractivity contribution in [2.75, 3.05) is 32.8 Å². The SMILES string of the molecule is Cn1cccc1C(O)CNC(=O)c1ccc(S(=O)(=O)N2CCOCC2)cc1. The van der Waals surface area contributed by atoms with Crippen LogP contribution in [0.3, 0.4) is 0 Å². The fourth-order valence-corrected chi connectivity index (χ4v) is 4.34. The van der Waals surface area contributed by atoms with E-state index in [4.69, 9.17) is 4.74 Å². The monoisotopic (exact) mass is 393 g/mol. The molecule has 2 N–H and O–H groups in total. The molecule has 0 spiro atoms. The molecule has 27 heavy (non-hydrogen) atoms. The Balaban J connectivity index is 1.62. The van der Waals surface area contributed by atoms with E-state index in [1.807, 2.05) is 19.3 Å².